The molecule has 1 unspecified atom stereocenters. The Morgan fingerprint density at radius 1 is 1.14 bits per heavy atom. The summed E-state index contributed by atoms with van der Waals surface area (Å²) in [6, 6.07) is 13.0. The van der Waals surface area contributed by atoms with Gasteiger partial charge in [-0.05, 0) is 41.7 Å². The van der Waals surface area contributed by atoms with Crippen LogP contribution in [0, 0.1) is 5.82 Å². The lowest BCUT2D eigenvalue weighted by atomic mass is 9.96. The van der Waals surface area contributed by atoms with Crippen LogP contribution < -0.4 is 11.3 Å². The van der Waals surface area contributed by atoms with E-state index in [9.17, 15) is 4.39 Å². The van der Waals surface area contributed by atoms with Crippen molar-refractivity contribution in [2.24, 2.45) is 5.84 Å². The van der Waals surface area contributed by atoms with Gasteiger partial charge in [0.15, 0.2) is 0 Å². The lowest BCUT2D eigenvalue weighted by Crippen LogP contribution is -2.30. The largest absolute Gasteiger partial charge is 0.271 e. The van der Waals surface area contributed by atoms with Gasteiger partial charge in [-0.1, -0.05) is 54.0 Å². The lowest BCUT2D eigenvalue weighted by molar-refractivity contribution is 0.510. The Morgan fingerprint density at radius 2 is 1.81 bits per heavy atom. The Morgan fingerprint density at radius 3 is 2.38 bits per heavy atom. The molecule has 0 heterocycles. The van der Waals surface area contributed by atoms with Gasteiger partial charge >= 0.3 is 0 Å². The second-order valence-electron chi connectivity index (χ2n) is 5.49. The molecule has 2 aromatic rings. The highest BCUT2D eigenvalue weighted by Crippen LogP contribution is 2.25. The predicted molar refractivity (Wildman–Crippen MR) is 88.4 cm³/mol. The van der Waals surface area contributed by atoms with Crippen LogP contribution in [0.25, 0.3) is 0 Å². The maximum absolute atomic E-state index is 14.0. The third-order valence-electron chi connectivity index (χ3n) is 3.62. The molecule has 0 aliphatic rings. The zero-order chi connectivity index (χ0) is 15.4. The molecule has 2 nitrogen and oxygen atoms in total. The fourth-order valence-electron chi connectivity index (χ4n) is 2.31. The summed E-state index contributed by atoms with van der Waals surface area (Å²) >= 11 is 3.37. The number of benzene rings is 2. The molecular formula is C17H20BrFN2. The van der Waals surface area contributed by atoms with Crippen molar-refractivity contribution in [1.82, 2.24) is 5.43 Å². The second kappa shape index (κ2) is 7.16. The first-order valence-corrected chi connectivity index (χ1v) is 7.80. The van der Waals surface area contributed by atoms with Crippen LogP contribution in [-0.4, -0.2) is 0 Å². The van der Waals surface area contributed by atoms with E-state index in [1.165, 1.54) is 11.6 Å². The van der Waals surface area contributed by atoms with E-state index in [0.29, 0.717) is 17.9 Å². The summed E-state index contributed by atoms with van der Waals surface area (Å²) in [5, 5.41) is 0. The van der Waals surface area contributed by atoms with Crippen molar-refractivity contribution in [2.45, 2.75) is 32.2 Å². The van der Waals surface area contributed by atoms with Crippen LogP contribution >= 0.6 is 15.9 Å². The first-order valence-electron chi connectivity index (χ1n) is 7.01. The van der Waals surface area contributed by atoms with E-state index in [1.807, 2.05) is 0 Å². The fraction of sp³-hybridized carbons (Fsp3) is 0.294. The van der Waals surface area contributed by atoms with Gasteiger partial charge in [0.25, 0.3) is 0 Å². The first-order chi connectivity index (χ1) is 10.0. The summed E-state index contributed by atoms with van der Waals surface area (Å²) in [6.07, 6.45) is 0.641. The van der Waals surface area contributed by atoms with Gasteiger partial charge in [0, 0.05) is 10.0 Å². The molecule has 0 radical (unpaired) electrons. The van der Waals surface area contributed by atoms with Crippen LogP contribution in [0.1, 0.15) is 42.5 Å². The highest BCUT2D eigenvalue weighted by atomic mass is 79.9. The molecule has 2 aromatic carbocycles. The first kappa shape index (κ1) is 16.1. The van der Waals surface area contributed by atoms with E-state index >= 15 is 0 Å². The van der Waals surface area contributed by atoms with E-state index in [4.69, 9.17) is 5.84 Å². The molecule has 112 valence electrons. The molecule has 0 aliphatic carbocycles. The summed E-state index contributed by atoms with van der Waals surface area (Å²) in [4.78, 5) is 0. The Balaban J connectivity index is 2.20. The monoisotopic (exact) mass is 350 g/mol. The van der Waals surface area contributed by atoms with Gasteiger partial charge < -0.3 is 0 Å². The predicted octanol–water partition coefficient (Wildman–Crippen LogP) is 4.46. The number of hydrogen-bond acceptors (Lipinski definition) is 2. The van der Waals surface area contributed by atoms with Gasteiger partial charge in [-0.3, -0.25) is 11.3 Å². The van der Waals surface area contributed by atoms with Crippen molar-refractivity contribution in [2.75, 3.05) is 0 Å². The summed E-state index contributed by atoms with van der Waals surface area (Å²) in [7, 11) is 0. The van der Waals surface area contributed by atoms with Crippen molar-refractivity contribution in [3.05, 3.63) is 69.4 Å². The van der Waals surface area contributed by atoms with E-state index in [1.54, 1.807) is 12.1 Å². The summed E-state index contributed by atoms with van der Waals surface area (Å²) in [5.41, 5.74) is 5.70. The van der Waals surface area contributed by atoms with E-state index in [-0.39, 0.29) is 11.9 Å². The van der Waals surface area contributed by atoms with Crippen molar-refractivity contribution in [3.63, 3.8) is 0 Å². The molecule has 0 spiro atoms. The average Bonchev–Trinajstić information content (AvgIpc) is 2.48. The number of hydrazine groups is 1. The van der Waals surface area contributed by atoms with Gasteiger partial charge in [-0.2, -0.15) is 0 Å². The Labute approximate surface area is 133 Å². The number of nitrogens with two attached hydrogens (primary N) is 1. The van der Waals surface area contributed by atoms with Gasteiger partial charge in [-0.25, -0.2) is 4.39 Å². The minimum Gasteiger partial charge on any atom is -0.271 e. The molecule has 0 aliphatic heterocycles. The number of rotatable bonds is 5. The SMILES string of the molecule is CC(C)c1ccc(CC(NN)c2cc(Br)ccc2F)cc1. The maximum Gasteiger partial charge on any atom is 0.128 e. The molecule has 3 N–H and O–H groups in total. The zero-order valence-corrected chi connectivity index (χ0v) is 13.8. The normalized spacial score (nSPS) is 12.7. The van der Waals surface area contributed by atoms with Crippen LogP contribution in [0.15, 0.2) is 46.9 Å². The number of halogens is 2. The quantitative estimate of drug-likeness (QED) is 0.617. The van der Waals surface area contributed by atoms with Gasteiger partial charge in [0.05, 0.1) is 6.04 Å². The minimum absolute atomic E-state index is 0.250. The molecule has 0 aromatic heterocycles. The number of nitrogens with one attached hydrogen (secondary N) is 1. The van der Waals surface area contributed by atoms with E-state index < -0.39 is 0 Å². The highest BCUT2D eigenvalue weighted by molar-refractivity contribution is 9.10. The van der Waals surface area contributed by atoms with Crippen LogP contribution in [0.3, 0.4) is 0 Å². The van der Waals surface area contributed by atoms with Gasteiger partial charge in [-0.15, -0.1) is 0 Å². The maximum atomic E-state index is 14.0. The minimum atomic E-state index is -0.257. The van der Waals surface area contributed by atoms with Crippen LogP contribution in [0.5, 0.6) is 0 Å². The summed E-state index contributed by atoms with van der Waals surface area (Å²) < 4.78 is 14.8. The summed E-state index contributed by atoms with van der Waals surface area (Å²) in [5.74, 6) is 5.87. The van der Waals surface area contributed by atoms with Crippen molar-refractivity contribution >= 4 is 15.9 Å². The Hall–Kier alpha value is -1.23. The molecular weight excluding hydrogens is 331 g/mol. The molecule has 0 bridgehead atoms. The van der Waals surface area contributed by atoms with Gasteiger partial charge in [0.1, 0.15) is 5.82 Å². The second-order valence-corrected chi connectivity index (χ2v) is 6.40. The van der Waals surface area contributed by atoms with Crippen LogP contribution in [0.2, 0.25) is 0 Å². The Bertz CT molecular complexity index is 596. The molecule has 1 atom stereocenters. The zero-order valence-electron chi connectivity index (χ0n) is 12.2. The van der Waals surface area contributed by atoms with Crippen molar-refractivity contribution < 1.29 is 4.39 Å². The number of hydrogen-bond donors (Lipinski definition) is 2. The van der Waals surface area contributed by atoms with Crippen molar-refractivity contribution in [1.29, 1.82) is 0 Å². The highest BCUT2D eigenvalue weighted by Gasteiger charge is 2.15. The molecule has 0 amide bonds. The van der Waals surface area contributed by atoms with Crippen LogP contribution in [-0.2, 0) is 6.42 Å². The molecule has 0 saturated carbocycles. The fourth-order valence-corrected chi connectivity index (χ4v) is 2.69. The third kappa shape index (κ3) is 4.13. The topological polar surface area (TPSA) is 38.0 Å². The van der Waals surface area contributed by atoms with Crippen molar-refractivity contribution in [3.8, 4) is 0 Å². The third-order valence-corrected chi connectivity index (χ3v) is 4.11. The van der Waals surface area contributed by atoms with E-state index in [2.05, 4.69) is 59.5 Å². The standard InChI is InChI=1S/C17H20BrFN2/c1-11(2)13-5-3-12(4-6-13)9-17(21-20)15-10-14(18)7-8-16(15)19/h3-8,10-11,17,21H,9,20H2,1-2H3. The Kier molecular flexibility index (Phi) is 5.51. The summed E-state index contributed by atoms with van der Waals surface area (Å²) in [6.45, 7) is 4.33. The average molecular weight is 351 g/mol. The van der Waals surface area contributed by atoms with E-state index in [0.717, 1.165) is 10.0 Å². The van der Waals surface area contributed by atoms with Crippen LogP contribution in [0.4, 0.5) is 4.39 Å². The smallest absolute Gasteiger partial charge is 0.128 e. The molecule has 2 rings (SSSR count). The molecule has 4 heteroatoms. The lowest BCUT2D eigenvalue weighted by Gasteiger charge is -2.18. The molecule has 0 fully saturated rings. The molecule has 21 heavy (non-hydrogen) atoms. The molecule has 0 saturated heterocycles. The van der Waals surface area contributed by atoms with Gasteiger partial charge in [0.2, 0.25) is 0 Å².